The molecule has 0 aliphatic heterocycles. The summed E-state index contributed by atoms with van der Waals surface area (Å²) in [5, 5.41) is 4.94. The van der Waals surface area contributed by atoms with Crippen molar-refractivity contribution in [2.75, 3.05) is 7.11 Å². The van der Waals surface area contributed by atoms with Gasteiger partial charge in [0.05, 0.1) is 7.11 Å². The zero-order valence-electron chi connectivity index (χ0n) is 8.86. The number of nitrogens with two attached hydrogens (primary N) is 1. The third-order valence-electron chi connectivity index (χ3n) is 2.27. The Balaban J connectivity index is 2.46. The van der Waals surface area contributed by atoms with Crippen molar-refractivity contribution in [1.82, 2.24) is 5.16 Å². The number of ether oxygens (including phenoxy) is 1. The molecule has 2 N–H and O–H groups in total. The smallest absolute Gasteiger partial charge is 0.146 e. The van der Waals surface area contributed by atoms with Crippen molar-refractivity contribution in [3.8, 4) is 5.75 Å². The Labute approximate surface area is 88.0 Å². The van der Waals surface area contributed by atoms with E-state index in [1.54, 1.807) is 7.11 Å². The highest BCUT2D eigenvalue weighted by Gasteiger charge is 2.10. The van der Waals surface area contributed by atoms with E-state index in [4.69, 9.17) is 15.0 Å². The van der Waals surface area contributed by atoms with Crippen LogP contribution in [0.1, 0.15) is 12.7 Å². The van der Waals surface area contributed by atoms with Crippen LogP contribution in [0, 0.1) is 0 Å². The lowest BCUT2D eigenvalue weighted by Crippen LogP contribution is -2.17. The SMILES string of the molecule is COc1ccc2noc(CC(C)N)c2c1. The lowest BCUT2D eigenvalue weighted by Gasteiger charge is -2.01. The van der Waals surface area contributed by atoms with E-state index in [2.05, 4.69) is 5.16 Å². The van der Waals surface area contributed by atoms with Gasteiger partial charge in [-0.15, -0.1) is 0 Å². The Bertz CT molecular complexity index is 463. The summed E-state index contributed by atoms with van der Waals surface area (Å²) in [6.07, 6.45) is 0.684. The van der Waals surface area contributed by atoms with Gasteiger partial charge in [0, 0.05) is 17.8 Å². The fourth-order valence-corrected chi connectivity index (χ4v) is 1.54. The highest BCUT2D eigenvalue weighted by atomic mass is 16.5. The predicted octanol–water partition coefficient (Wildman–Crippen LogP) is 1.73. The summed E-state index contributed by atoms with van der Waals surface area (Å²) in [5.41, 5.74) is 6.57. The van der Waals surface area contributed by atoms with Crippen molar-refractivity contribution >= 4 is 10.9 Å². The van der Waals surface area contributed by atoms with E-state index in [1.165, 1.54) is 0 Å². The number of aromatic nitrogens is 1. The summed E-state index contributed by atoms with van der Waals surface area (Å²) in [6.45, 7) is 1.94. The number of hydrogen-bond acceptors (Lipinski definition) is 4. The van der Waals surface area contributed by atoms with Crippen LogP contribution in [0.15, 0.2) is 22.7 Å². The molecule has 4 nitrogen and oxygen atoms in total. The number of hydrogen-bond donors (Lipinski definition) is 1. The Kier molecular flexibility index (Phi) is 2.60. The van der Waals surface area contributed by atoms with Crippen LogP contribution in [0.25, 0.3) is 10.9 Å². The number of benzene rings is 1. The van der Waals surface area contributed by atoms with Gasteiger partial charge in [-0.3, -0.25) is 0 Å². The number of nitrogens with zero attached hydrogens (tertiary/aromatic N) is 1. The summed E-state index contributed by atoms with van der Waals surface area (Å²) in [5.74, 6) is 1.62. The quantitative estimate of drug-likeness (QED) is 0.830. The summed E-state index contributed by atoms with van der Waals surface area (Å²) >= 11 is 0. The maximum Gasteiger partial charge on any atom is 0.146 e. The maximum atomic E-state index is 5.73. The normalized spacial score (nSPS) is 13.0. The van der Waals surface area contributed by atoms with E-state index in [-0.39, 0.29) is 6.04 Å². The van der Waals surface area contributed by atoms with Gasteiger partial charge in [0.25, 0.3) is 0 Å². The third-order valence-corrected chi connectivity index (χ3v) is 2.27. The minimum Gasteiger partial charge on any atom is -0.497 e. The summed E-state index contributed by atoms with van der Waals surface area (Å²) in [4.78, 5) is 0. The van der Waals surface area contributed by atoms with Crippen LogP contribution in [0.5, 0.6) is 5.75 Å². The molecule has 1 heterocycles. The second kappa shape index (κ2) is 3.90. The van der Waals surface area contributed by atoms with Crippen LogP contribution in [-0.2, 0) is 6.42 Å². The molecule has 1 aromatic carbocycles. The molecule has 0 radical (unpaired) electrons. The number of methoxy groups -OCH3 is 1. The molecule has 1 aromatic heterocycles. The first-order chi connectivity index (χ1) is 7.20. The summed E-state index contributed by atoms with van der Waals surface area (Å²) in [6, 6.07) is 5.72. The van der Waals surface area contributed by atoms with Crippen molar-refractivity contribution < 1.29 is 9.26 Å². The van der Waals surface area contributed by atoms with Gasteiger partial charge in [0.15, 0.2) is 0 Å². The summed E-state index contributed by atoms with van der Waals surface area (Å²) < 4.78 is 10.4. The van der Waals surface area contributed by atoms with E-state index in [0.717, 1.165) is 22.4 Å². The fourth-order valence-electron chi connectivity index (χ4n) is 1.54. The van der Waals surface area contributed by atoms with E-state index in [0.29, 0.717) is 6.42 Å². The largest absolute Gasteiger partial charge is 0.497 e. The van der Waals surface area contributed by atoms with Crippen molar-refractivity contribution in [1.29, 1.82) is 0 Å². The molecule has 0 fully saturated rings. The van der Waals surface area contributed by atoms with Gasteiger partial charge in [-0.2, -0.15) is 0 Å². The van der Waals surface area contributed by atoms with Gasteiger partial charge >= 0.3 is 0 Å². The first-order valence-corrected chi connectivity index (χ1v) is 4.88. The molecule has 0 spiro atoms. The van der Waals surface area contributed by atoms with Crippen LogP contribution in [-0.4, -0.2) is 18.3 Å². The highest BCUT2D eigenvalue weighted by molar-refractivity contribution is 5.82. The van der Waals surface area contributed by atoms with E-state index in [1.807, 2.05) is 25.1 Å². The fraction of sp³-hybridized carbons (Fsp3) is 0.364. The second-order valence-electron chi connectivity index (χ2n) is 3.67. The standard InChI is InChI=1S/C11H14N2O2/c1-7(12)5-11-9-6-8(14-2)3-4-10(9)13-15-11/h3-4,6-7H,5,12H2,1-2H3. The average molecular weight is 206 g/mol. The van der Waals surface area contributed by atoms with Crippen molar-refractivity contribution in [2.45, 2.75) is 19.4 Å². The summed E-state index contributed by atoms with van der Waals surface area (Å²) in [7, 11) is 1.64. The molecule has 1 atom stereocenters. The second-order valence-corrected chi connectivity index (χ2v) is 3.67. The van der Waals surface area contributed by atoms with E-state index >= 15 is 0 Å². The molecule has 0 aliphatic carbocycles. The van der Waals surface area contributed by atoms with Gasteiger partial charge in [-0.25, -0.2) is 0 Å². The number of rotatable bonds is 3. The van der Waals surface area contributed by atoms with Gasteiger partial charge in [-0.05, 0) is 25.1 Å². The Morgan fingerprint density at radius 3 is 3.00 bits per heavy atom. The van der Waals surface area contributed by atoms with Crippen molar-refractivity contribution in [2.24, 2.45) is 5.73 Å². The molecule has 80 valence electrons. The molecule has 0 bridgehead atoms. The minimum atomic E-state index is 0.0624. The molecular weight excluding hydrogens is 192 g/mol. The molecule has 4 heteroatoms. The third kappa shape index (κ3) is 1.94. The Morgan fingerprint density at radius 1 is 1.53 bits per heavy atom. The van der Waals surface area contributed by atoms with E-state index < -0.39 is 0 Å². The zero-order valence-corrected chi connectivity index (χ0v) is 8.86. The molecule has 15 heavy (non-hydrogen) atoms. The van der Waals surface area contributed by atoms with Gasteiger partial charge in [-0.1, -0.05) is 5.16 Å². The predicted molar refractivity (Wildman–Crippen MR) is 57.9 cm³/mol. The van der Waals surface area contributed by atoms with Crippen LogP contribution >= 0.6 is 0 Å². The molecule has 0 amide bonds. The maximum absolute atomic E-state index is 5.73. The van der Waals surface area contributed by atoms with E-state index in [9.17, 15) is 0 Å². The molecular formula is C11H14N2O2. The van der Waals surface area contributed by atoms with Crippen molar-refractivity contribution in [3.63, 3.8) is 0 Å². The van der Waals surface area contributed by atoms with Gasteiger partial charge < -0.3 is 15.0 Å². The molecule has 2 rings (SSSR count). The first kappa shape index (κ1) is 9.98. The van der Waals surface area contributed by atoms with Gasteiger partial charge in [0.2, 0.25) is 0 Å². The van der Waals surface area contributed by atoms with Gasteiger partial charge in [0.1, 0.15) is 17.0 Å². The number of fused-ring (bicyclic) bond motifs is 1. The zero-order chi connectivity index (χ0) is 10.8. The average Bonchev–Trinajstić information content (AvgIpc) is 2.60. The topological polar surface area (TPSA) is 61.3 Å². The molecule has 0 saturated carbocycles. The molecule has 2 aromatic rings. The van der Waals surface area contributed by atoms with Crippen LogP contribution < -0.4 is 10.5 Å². The molecule has 0 saturated heterocycles. The van der Waals surface area contributed by atoms with Crippen LogP contribution in [0.4, 0.5) is 0 Å². The lowest BCUT2D eigenvalue weighted by atomic mass is 10.1. The Hall–Kier alpha value is -1.55. The lowest BCUT2D eigenvalue weighted by molar-refractivity contribution is 0.384. The molecule has 0 aliphatic rings. The van der Waals surface area contributed by atoms with Crippen LogP contribution in [0.2, 0.25) is 0 Å². The minimum absolute atomic E-state index is 0.0624. The molecule has 1 unspecified atom stereocenters. The highest BCUT2D eigenvalue weighted by Crippen LogP contribution is 2.24. The van der Waals surface area contributed by atoms with Crippen molar-refractivity contribution in [3.05, 3.63) is 24.0 Å². The Morgan fingerprint density at radius 2 is 2.33 bits per heavy atom. The van der Waals surface area contributed by atoms with Crippen LogP contribution in [0.3, 0.4) is 0 Å². The first-order valence-electron chi connectivity index (χ1n) is 4.88. The monoisotopic (exact) mass is 206 g/mol.